The quantitative estimate of drug-likeness (QED) is 0.632. The number of carbonyl (C=O) groups is 1. The maximum atomic E-state index is 11.0. The zero-order chi connectivity index (χ0) is 8.27. The standard InChI is InChI=1S/C8H12O3/c1-11-8-3-6(5-9)2-7(10)4-8/h3,6,9H,2,4-5H2,1H3/t6-/m1/s1. The molecule has 11 heavy (non-hydrogen) atoms. The van der Waals surface area contributed by atoms with E-state index in [2.05, 4.69) is 0 Å². The summed E-state index contributed by atoms with van der Waals surface area (Å²) < 4.78 is 4.92. The summed E-state index contributed by atoms with van der Waals surface area (Å²) in [6.07, 6.45) is 2.65. The Kier molecular flexibility index (Phi) is 2.65. The van der Waals surface area contributed by atoms with Gasteiger partial charge in [0.15, 0.2) is 0 Å². The van der Waals surface area contributed by atoms with Crippen LogP contribution in [-0.4, -0.2) is 24.6 Å². The van der Waals surface area contributed by atoms with Crippen LogP contribution in [0.5, 0.6) is 0 Å². The van der Waals surface area contributed by atoms with Gasteiger partial charge in [-0.1, -0.05) is 0 Å². The number of Topliss-reactive ketones (excluding diaryl/α,β-unsaturated/α-hetero) is 1. The van der Waals surface area contributed by atoms with E-state index in [9.17, 15) is 4.79 Å². The maximum absolute atomic E-state index is 11.0. The van der Waals surface area contributed by atoms with Crippen molar-refractivity contribution in [3.05, 3.63) is 11.8 Å². The summed E-state index contributed by atoms with van der Waals surface area (Å²) in [4.78, 5) is 11.0. The van der Waals surface area contributed by atoms with E-state index in [1.54, 1.807) is 7.11 Å². The van der Waals surface area contributed by atoms with Crippen LogP contribution in [0.15, 0.2) is 11.8 Å². The molecule has 1 atom stereocenters. The Morgan fingerprint density at radius 2 is 2.55 bits per heavy atom. The van der Waals surface area contributed by atoms with Crippen LogP contribution in [0.25, 0.3) is 0 Å². The van der Waals surface area contributed by atoms with E-state index >= 15 is 0 Å². The number of hydrogen-bond donors (Lipinski definition) is 1. The van der Waals surface area contributed by atoms with E-state index in [0.717, 1.165) is 0 Å². The smallest absolute Gasteiger partial charge is 0.141 e. The number of methoxy groups -OCH3 is 1. The second-order valence-electron chi connectivity index (χ2n) is 2.70. The molecular weight excluding hydrogens is 144 g/mol. The lowest BCUT2D eigenvalue weighted by Gasteiger charge is -2.16. The number of carbonyl (C=O) groups excluding carboxylic acids is 1. The summed E-state index contributed by atoms with van der Waals surface area (Å²) in [5, 5.41) is 8.77. The van der Waals surface area contributed by atoms with Crippen molar-refractivity contribution in [2.45, 2.75) is 12.8 Å². The highest BCUT2D eigenvalue weighted by Crippen LogP contribution is 2.19. The summed E-state index contributed by atoms with van der Waals surface area (Å²) >= 11 is 0. The maximum Gasteiger partial charge on any atom is 0.141 e. The van der Waals surface area contributed by atoms with Gasteiger partial charge < -0.3 is 9.84 Å². The number of aliphatic hydroxyl groups excluding tert-OH is 1. The largest absolute Gasteiger partial charge is 0.501 e. The van der Waals surface area contributed by atoms with Crippen molar-refractivity contribution in [3.63, 3.8) is 0 Å². The molecule has 0 radical (unpaired) electrons. The summed E-state index contributed by atoms with van der Waals surface area (Å²) in [5.41, 5.74) is 0. The second kappa shape index (κ2) is 3.53. The molecule has 0 bridgehead atoms. The molecule has 0 aromatic heterocycles. The average Bonchev–Trinajstić information content (AvgIpc) is 2.03. The molecule has 0 saturated carbocycles. The van der Waals surface area contributed by atoms with Crippen molar-refractivity contribution in [1.82, 2.24) is 0 Å². The number of ether oxygens (including phenoxy) is 1. The Morgan fingerprint density at radius 3 is 3.09 bits per heavy atom. The van der Waals surface area contributed by atoms with Crippen molar-refractivity contribution in [1.29, 1.82) is 0 Å². The van der Waals surface area contributed by atoms with Gasteiger partial charge in [-0.2, -0.15) is 0 Å². The van der Waals surface area contributed by atoms with Gasteiger partial charge in [-0.15, -0.1) is 0 Å². The molecule has 0 fully saturated rings. The number of aliphatic hydroxyl groups is 1. The Morgan fingerprint density at radius 1 is 1.82 bits per heavy atom. The molecule has 0 unspecified atom stereocenters. The normalized spacial score (nSPS) is 24.7. The summed E-state index contributed by atoms with van der Waals surface area (Å²) in [6.45, 7) is 0.0264. The van der Waals surface area contributed by atoms with Crippen molar-refractivity contribution in [2.75, 3.05) is 13.7 Å². The highest BCUT2D eigenvalue weighted by atomic mass is 16.5. The third-order valence-corrected chi connectivity index (χ3v) is 1.78. The fraction of sp³-hybridized carbons (Fsp3) is 0.625. The minimum Gasteiger partial charge on any atom is -0.501 e. The van der Waals surface area contributed by atoms with Gasteiger partial charge in [0.25, 0.3) is 0 Å². The lowest BCUT2D eigenvalue weighted by Crippen LogP contribution is -2.17. The number of hydrogen-bond acceptors (Lipinski definition) is 3. The average molecular weight is 156 g/mol. The number of rotatable bonds is 2. The molecule has 1 aliphatic carbocycles. The fourth-order valence-electron chi connectivity index (χ4n) is 1.20. The van der Waals surface area contributed by atoms with E-state index in [0.29, 0.717) is 18.6 Å². The monoisotopic (exact) mass is 156 g/mol. The first kappa shape index (κ1) is 8.27. The first-order valence-electron chi connectivity index (χ1n) is 3.63. The Labute approximate surface area is 65.7 Å². The van der Waals surface area contributed by atoms with Gasteiger partial charge in [-0.3, -0.25) is 4.79 Å². The molecule has 0 aromatic rings. The van der Waals surface area contributed by atoms with Crippen LogP contribution >= 0.6 is 0 Å². The van der Waals surface area contributed by atoms with Gasteiger partial charge in [-0.05, 0) is 6.08 Å². The predicted molar refractivity (Wildman–Crippen MR) is 39.9 cm³/mol. The van der Waals surface area contributed by atoms with Gasteiger partial charge in [-0.25, -0.2) is 0 Å². The predicted octanol–water partition coefficient (Wildman–Crippen LogP) is 0.488. The molecule has 62 valence electrons. The van der Waals surface area contributed by atoms with Crippen LogP contribution in [-0.2, 0) is 9.53 Å². The Bertz CT molecular complexity index is 184. The van der Waals surface area contributed by atoms with Crippen LogP contribution in [0.1, 0.15) is 12.8 Å². The molecule has 0 aliphatic heterocycles. The molecule has 0 amide bonds. The third kappa shape index (κ3) is 2.05. The lowest BCUT2D eigenvalue weighted by atomic mass is 9.94. The van der Waals surface area contributed by atoms with Gasteiger partial charge in [0.1, 0.15) is 5.78 Å². The first-order valence-corrected chi connectivity index (χ1v) is 3.63. The molecular formula is C8H12O3. The molecule has 1 rings (SSSR count). The van der Waals surface area contributed by atoms with E-state index in [1.807, 2.05) is 6.08 Å². The number of ketones is 1. The van der Waals surface area contributed by atoms with Crippen molar-refractivity contribution >= 4 is 5.78 Å². The molecule has 0 saturated heterocycles. The topological polar surface area (TPSA) is 46.5 Å². The minimum atomic E-state index is -0.0359. The van der Waals surface area contributed by atoms with E-state index in [-0.39, 0.29) is 18.3 Å². The molecule has 1 aliphatic rings. The summed E-state index contributed by atoms with van der Waals surface area (Å²) in [5.74, 6) is 0.787. The van der Waals surface area contributed by atoms with Crippen molar-refractivity contribution in [3.8, 4) is 0 Å². The van der Waals surface area contributed by atoms with Crippen LogP contribution in [0, 0.1) is 5.92 Å². The van der Waals surface area contributed by atoms with Crippen molar-refractivity contribution < 1.29 is 14.6 Å². The zero-order valence-corrected chi connectivity index (χ0v) is 6.54. The molecule has 3 nitrogen and oxygen atoms in total. The van der Waals surface area contributed by atoms with Gasteiger partial charge in [0, 0.05) is 18.9 Å². The molecule has 0 heterocycles. The summed E-state index contributed by atoms with van der Waals surface area (Å²) in [6, 6.07) is 0. The highest BCUT2D eigenvalue weighted by molar-refractivity contribution is 5.82. The van der Waals surface area contributed by atoms with Crippen molar-refractivity contribution in [2.24, 2.45) is 5.92 Å². The fourth-order valence-corrected chi connectivity index (χ4v) is 1.20. The molecule has 0 aromatic carbocycles. The number of allylic oxidation sites excluding steroid dienone is 1. The lowest BCUT2D eigenvalue weighted by molar-refractivity contribution is -0.120. The third-order valence-electron chi connectivity index (χ3n) is 1.78. The van der Waals surface area contributed by atoms with Crippen LogP contribution in [0.3, 0.4) is 0 Å². The summed E-state index contributed by atoms with van der Waals surface area (Å²) in [7, 11) is 1.54. The van der Waals surface area contributed by atoms with E-state index in [4.69, 9.17) is 9.84 Å². The van der Waals surface area contributed by atoms with Gasteiger partial charge in [0.05, 0.1) is 19.3 Å². The van der Waals surface area contributed by atoms with Gasteiger partial charge in [0.2, 0.25) is 0 Å². The van der Waals surface area contributed by atoms with E-state index in [1.165, 1.54) is 0 Å². The first-order chi connectivity index (χ1) is 5.26. The molecule has 0 spiro atoms. The van der Waals surface area contributed by atoms with Gasteiger partial charge >= 0.3 is 0 Å². The Balaban J connectivity index is 2.64. The highest BCUT2D eigenvalue weighted by Gasteiger charge is 2.19. The van der Waals surface area contributed by atoms with Crippen LogP contribution in [0.4, 0.5) is 0 Å². The Hall–Kier alpha value is -0.830. The van der Waals surface area contributed by atoms with E-state index < -0.39 is 0 Å². The zero-order valence-electron chi connectivity index (χ0n) is 6.54. The second-order valence-corrected chi connectivity index (χ2v) is 2.70. The SMILES string of the molecule is COC1=C[C@H](CO)CC(=O)C1. The molecule has 3 heteroatoms. The van der Waals surface area contributed by atoms with Crippen LogP contribution < -0.4 is 0 Å². The molecule has 1 N–H and O–H groups in total. The van der Waals surface area contributed by atoms with Crippen LogP contribution in [0.2, 0.25) is 0 Å². The minimum absolute atomic E-state index is 0.0264.